The summed E-state index contributed by atoms with van der Waals surface area (Å²) in [6.45, 7) is 2.48. The fourth-order valence-corrected chi connectivity index (χ4v) is 2.55. The molecular weight excluding hydrogens is 288 g/mol. The van der Waals surface area contributed by atoms with Crippen molar-refractivity contribution < 1.29 is 4.74 Å². The van der Waals surface area contributed by atoms with Gasteiger partial charge in [-0.15, -0.1) is 0 Å². The average Bonchev–Trinajstić information content (AvgIpc) is 2.57. The van der Waals surface area contributed by atoms with Crippen molar-refractivity contribution in [3.8, 4) is 17.0 Å². The summed E-state index contributed by atoms with van der Waals surface area (Å²) in [5.41, 5.74) is 3.68. The molecule has 0 aliphatic carbocycles. The average molecular weight is 306 g/mol. The summed E-state index contributed by atoms with van der Waals surface area (Å²) in [4.78, 5) is 12.1. The van der Waals surface area contributed by atoms with Gasteiger partial charge in [0, 0.05) is 11.6 Å². The number of hydrogen-bond donors (Lipinski definition) is 0. The number of benzene rings is 2. The van der Waals surface area contributed by atoms with Crippen molar-refractivity contribution in [2.24, 2.45) is 0 Å². The maximum atomic E-state index is 12.1. The molecule has 4 nitrogen and oxygen atoms in total. The lowest BCUT2D eigenvalue weighted by atomic mass is 10.1. The third-order valence-electron chi connectivity index (χ3n) is 3.66. The second-order valence-corrected chi connectivity index (χ2v) is 5.40. The highest BCUT2D eigenvalue weighted by Crippen LogP contribution is 2.27. The van der Waals surface area contributed by atoms with Crippen LogP contribution in [0.2, 0.25) is 0 Å². The molecule has 116 valence electrons. The van der Waals surface area contributed by atoms with Crippen LogP contribution in [-0.4, -0.2) is 16.9 Å². The molecule has 0 spiro atoms. The third-order valence-corrected chi connectivity index (χ3v) is 3.66. The van der Waals surface area contributed by atoms with Crippen molar-refractivity contribution in [2.45, 2.75) is 13.5 Å². The Bertz CT molecular complexity index is 884. The fraction of sp³-hybridized carbons (Fsp3) is 0.158. The van der Waals surface area contributed by atoms with Gasteiger partial charge in [0.15, 0.2) is 0 Å². The van der Waals surface area contributed by atoms with Crippen LogP contribution in [0.5, 0.6) is 5.75 Å². The summed E-state index contributed by atoms with van der Waals surface area (Å²) in [6.07, 6.45) is 0. The number of para-hydroxylation sites is 1. The molecule has 0 atom stereocenters. The van der Waals surface area contributed by atoms with Crippen LogP contribution in [-0.2, 0) is 6.54 Å². The SMILES string of the molecule is COc1ccccc1-c1ccc(=O)n(Cc2cccc(C)c2)n1. The standard InChI is InChI=1S/C19H18N2O2/c1-14-6-5-7-15(12-14)13-21-19(22)11-10-17(20-21)16-8-3-4-9-18(16)23-2/h3-12H,13H2,1-2H3. The minimum Gasteiger partial charge on any atom is -0.496 e. The summed E-state index contributed by atoms with van der Waals surface area (Å²) in [7, 11) is 1.63. The zero-order chi connectivity index (χ0) is 16.2. The van der Waals surface area contributed by atoms with Gasteiger partial charge >= 0.3 is 0 Å². The fourth-order valence-electron chi connectivity index (χ4n) is 2.55. The van der Waals surface area contributed by atoms with Crippen LogP contribution >= 0.6 is 0 Å². The molecule has 0 aliphatic heterocycles. The van der Waals surface area contributed by atoms with Crippen LogP contribution in [0.25, 0.3) is 11.3 Å². The number of ether oxygens (including phenoxy) is 1. The molecule has 3 aromatic rings. The molecule has 23 heavy (non-hydrogen) atoms. The zero-order valence-corrected chi connectivity index (χ0v) is 13.2. The number of aryl methyl sites for hydroxylation is 1. The molecule has 1 aromatic heterocycles. The van der Waals surface area contributed by atoms with Gasteiger partial charge in [-0.3, -0.25) is 4.79 Å². The normalized spacial score (nSPS) is 10.5. The highest BCUT2D eigenvalue weighted by Gasteiger charge is 2.08. The molecule has 0 unspecified atom stereocenters. The lowest BCUT2D eigenvalue weighted by molar-refractivity contribution is 0.416. The minimum absolute atomic E-state index is 0.120. The molecule has 0 radical (unpaired) electrons. The molecule has 2 aromatic carbocycles. The topological polar surface area (TPSA) is 44.1 Å². The van der Waals surface area contributed by atoms with Crippen LogP contribution in [0.4, 0.5) is 0 Å². The van der Waals surface area contributed by atoms with Crippen molar-refractivity contribution in [3.63, 3.8) is 0 Å². The molecule has 0 bridgehead atoms. The third kappa shape index (κ3) is 3.31. The molecule has 0 amide bonds. The number of nitrogens with zero attached hydrogens (tertiary/aromatic N) is 2. The highest BCUT2D eigenvalue weighted by atomic mass is 16.5. The van der Waals surface area contributed by atoms with E-state index in [9.17, 15) is 4.79 Å². The predicted molar refractivity (Wildman–Crippen MR) is 90.8 cm³/mol. The van der Waals surface area contributed by atoms with E-state index in [0.29, 0.717) is 6.54 Å². The van der Waals surface area contributed by atoms with E-state index in [0.717, 1.165) is 28.1 Å². The predicted octanol–water partition coefficient (Wildman–Crippen LogP) is 3.28. The maximum Gasteiger partial charge on any atom is 0.267 e. The van der Waals surface area contributed by atoms with Gasteiger partial charge in [-0.2, -0.15) is 5.10 Å². The van der Waals surface area contributed by atoms with E-state index < -0.39 is 0 Å². The second-order valence-electron chi connectivity index (χ2n) is 5.40. The summed E-state index contributed by atoms with van der Waals surface area (Å²) >= 11 is 0. The molecule has 1 heterocycles. The van der Waals surface area contributed by atoms with E-state index in [2.05, 4.69) is 11.2 Å². The number of hydrogen-bond acceptors (Lipinski definition) is 3. The van der Waals surface area contributed by atoms with E-state index in [1.54, 1.807) is 19.2 Å². The Kier molecular flexibility index (Phi) is 4.24. The number of methoxy groups -OCH3 is 1. The summed E-state index contributed by atoms with van der Waals surface area (Å²) in [6, 6.07) is 19.0. The summed E-state index contributed by atoms with van der Waals surface area (Å²) < 4.78 is 6.86. The maximum absolute atomic E-state index is 12.1. The minimum atomic E-state index is -0.120. The van der Waals surface area contributed by atoms with Crippen LogP contribution in [0.15, 0.2) is 65.5 Å². The van der Waals surface area contributed by atoms with Gasteiger partial charge in [0.05, 0.1) is 19.3 Å². The molecule has 0 aliphatic rings. The lowest BCUT2D eigenvalue weighted by Crippen LogP contribution is -2.22. The van der Waals surface area contributed by atoms with Crippen LogP contribution < -0.4 is 10.3 Å². The zero-order valence-electron chi connectivity index (χ0n) is 13.2. The Morgan fingerprint density at radius 2 is 1.87 bits per heavy atom. The first-order valence-corrected chi connectivity index (χ1v) is 7.44. The van der Waals surface area contributed by atoms with Gasteiger partial charge in [0.2, 0.25) is 0 Å². The molecule has 4 heteroatoms. The van der Waals surface area contributed by atoms with Crippen molar-refractivity contribution in [2.75, 3.05) is 7.11 Å². The first-order valence-electron chi connectivity index (χ1n) is 7.44. The Balaban J connectivity index is 2.01. The Morgan fingerprint density at radius 1 is 1.04 bits per heavy atom. The summed E-state index contributed by atoms with van der Waals surface area (Å²) in [5, 5.41) is 4.50. The van der Waals surface area contributed by atoms with Crippen LogP contribution in [0.1, 0.15) is 11.1 Å². The largest absolute Gasteiger partial charge is 0.496 e. The molecule has 0 N–H and O–H groups in total. The first-order chi connectivity index (χ1) is 11.2. The quantitative estimate of drug-likeness (QED) is 0.743. The molecule has 3 rings (SSSR count). The van der Waals surface area contributed by atoms with E-state index in [-0.39, 0.29) is 5.56 Å². The van der Waals surface area contributed by atoms with Gasteiger partial charge in [0.25, 0.3) is 5.56 Å². The number of rotatable bonds is 4. The molecule has 0 saturated heterocycles. The van der Waals surface area contributed by atoms with Gasteiger partial charge in [-0.1, -0.05) is 42.0 Å². The van der Waals surface area contributed by atoms with E-state index in [1.165, 1.54) is 4.68 Å². The van der Waals surface area contributed by atoms with E-state index in [4.69, 9.17) is 4.74 Å². The molecule has 0 saturated carbocycles. The van der Waals surface area contributed by atoms with Crippen LogP contribution in [0.3, 0.4) is 0 Å². The van der Waals surface area contributed by atoms with Crippen molar-refractivity contribution in [1.82, 2.24) is 9.78 Å². The summed E-state index contributed by atoms with van der Waals surface area (Å²) in [5.74, 6) is 0.737. The monoisotopic (exact) mass is 306 g/mol. The van der Waals surface area contributed by atoms with Crippen molar-refractivity contribution in [3.05, 3.63) is 82.1 Å². The highest BCUT2D eigenvalue weighted by molar-refractivity contribution is 5.66. The Labute approximate surface area is 135 Å². The molecular formula is C19H18N2O2. The second kappa shape index (κ2) is 6.48. The van der Waals surface area contributed by atoms with E-state index in [1.807, 2.05) is 49.4 Å². The van der Waals surface area contributed by atoms with Crippen LogP contribution in [0, 0.1) is 6.92 Å². The Hall–Kier alpha value is -2.88. The van der Waals surface area contributed by atoms with Gasteiger partial charge < -0.3 is 4.74 Å². The molecule has 0 fully saturated rings. The lowest BCUT2D eigenvalue weighted by Gasteiger charge is -2.10. The Morgan fingerprint density at radius 3 is 2.65 bits per heavy atom. The number of aromatic nitrogens is 2. The van der Waals surface area contributed by atoms with Gasteiger partial charge in [-0.05, 0) is 30.7 Å². The van der Waals surface area contributed by atoms with Gasteiger partial charge in [0.1, 0.15) is 5.75 Å². The van der Waals surface area contributed by atoms with Gasteiger partial charge in [-0.25, -0.2) is 4.68 Å². The first kappa shape index (κ1) is 15.0. The van der Waals surface area contributed by atoms with E-state index >= 15 is 0 Å². The van der Waals surface area contributed by atoms with Crippen molar-refractivity contribution in [1.29, 1.82) is 0 Å². The smallest absolute Gasteiger partial charge is 0.267 e. The van der Waals surface area contributed by atoms with Crippen molar-refractivity contribution >= 4 is 0 Å².